The van der Waals surface area contributed by atoms with E-state index < -0.39 is 0 Å². The lowest BCUT2D eigenvalue weighted by Gasteiger charge is -2.33. The van der Waals surface area contributed by atoms with Gasteiger partial charge in [-0.1, -0.05) is 6.07 Å². The normalized spacial score (nSPS) is 15.5. The Hall–Kier alpha value is -1.65. The Morgan fingerprint density at radius 2 is 2.13 bits per heavy atom. The molecule has 2 N–H and O–H groups in total. The van der Waals surface area contributed by atoms with E-state index in [1.807, 2.05) is 31.3 Å². The second-order valence-corrected chi connectivity index (χ2v) is 7.55. The third-order valence-corrected chi connectivity index (χ3v) is 5.20. The zero-order chi connectivity index (χ0) is 20.9. The molecule has 0 amide bonds. The van der Waals surface area contributed by atoms with Crippen LogP contribution in [0.4, 0.5) is 0 Å². The number of piperidine rings is 1. The number of aromatic nitrogens is 1. The van der Waals surface area contributed by atoms with Crippen molar-refractivity contribution >= 4 is 29.9 Å². The number of guanidine groups is 1. The van der Waals surface area contributed by atoms with E-state index in [1.165, 1.54) is 0 Å². The van der Waals surface area contributed by atoms with Gasteiger partial charge in [0.15, 0.2) is 5.96 Å². The van der Waals surface area contributed by atoms with Crippen LogP contribution in [-0.2, 0) is 17.7 Å². The summed E-state index contributed by atoms with van der Waals surface area (Å²) in [7, 11) is 0. The largest absolute Gasteiger partial charge is 0.469 e. The van der Waals surface area contributed by atoms with Gasteiger partial charge in [-0.15, -0.1) is 24.0 Å². The van der Waals surface area contributed by atoms with Crippen LogP contribution in [0.3, 0.4) is 0 Å². The van der Waals surface area contributed by atoms with E-state index in [-0.39, 0.29) is 24.0 Å². The molecule has 0 atom stereocenters. The second kappa shape index (κ2) is 15.2. The molecule has 1 fully saturated rings. The van der Waals surface area contributed by atoms with Gasteiger partial charge < -0.3 is 19.8 Å². The van der Waals surface area contributed by atoms with Crippen molar-refractivity contribution in [2.24, 2.45) is 4.99 Å². The van der Waals surface area contributed by atoms with Crippen molar-refractivity contribution in [2.75, 3.05) is 39.4 Å². The zero-order valence-corrected chi connectivity index (χ0v) is 20.8. The van der Waals surface area contributed by atoms with Crippen LogP contribution in [0.1, 0.15) is 37.6 Å². The highest BCUT2D eigenvalue weighted by Crippen LogP contribution is 2.13. The van der Waals surface area contributed by atoms with Crippen molar-refractivity contribution in [3.8, 4) is 0 Å². The van der Waals surface area contributed by atoms with Crippen molar-refractivity contribution in [1.82, 2.24) is 20.5 Å². The van der Waals surface area contributed by atoms with Crippen molar-refractivity contribution < 1.29 is 9.15 Å². The van der Waals surface area contributed by atoms with E-state index in [1.54, 1.807) is 6.26 Å². The molecular formula is C23H36IN5O2. The Morgan fingerprint density at radius 1 is 1.26 bits per heavy atom. The number of likely N-dealkylation sites (tertiary alicyclic amines) is 1. The molecule has 3 heterocycles. The number of aliphatic imine (C=N–C) groups is 1. The number of rotatable bonds is 11. The molecule has 0 spiro atoms. The van der Waals surface area contributed by atoms with Crippen LogP contribution in [0.5, 0.6) is 0 Å². The van der Waals surface area contributed by atoms with Crippen molar-refractivity contribution in [3.05, 3.63) is 54.2 Å². The highest BCUT2D eigenvalue weighted by atomic mass is 127. The standard InChI is InChI=1S/C23H35N5O2.HI/c1-2-29-17-6-13-25-23(26-14-9-22-8-5-18-30-22)27-20-10-15-28(16-11-20)19-21-7-3-4-12-24-21;/h3-5,7-8,12,18,20H,2,6,9-11,13-17,19H2,1H3,(H2,25,26,27);1H. The van der Waals surface area contributed by atoms with Gasteiger partial charge in [0.1, 0.15) is 5.76 Å². The molecule has 0 radical (unpaired) electrons. The highest BCUT2D eigenvalue weighted by molar-refractivity contribution is 14.0. The molecule has 2 aromatic heterocycles. The molecule has 172 valence electrons. The Labute approximate surface area is 203 Å². The van der Waals surface area contributed by atoms with Crippen molar-refractivity contribution in [1.29, 1.82) is 0 Å². The molecule has 0 aliphatic carbocycles. The highest BCUT2D eigenvalue weighted by Gasteiger charge is 2.20. The molecule has 8 heteroatoms. The number of hydrogen-bond acceptors (Lipinski definition) is 5. The summed E-state index contributed by atoms with van der Waals surface area (Å²) in [5, 5.41) is 7.10. The van der Waals surface area contributed by atoms with Crippen LogP contribution in [0.15, 0.2) is 52.2 Å². The number of halogens is 1. The van der Waals surface area contributed by atoms with Crippen LogP contribution in [0.25, 0.3) is 0 Å². The van der Waals surface area contributed by atoms with Crippen molar-refractivity contribution in [2.45, 2.75) is 45.2 Å². The summed E-state index contributed by atoms with van der Waals surface area (Å²) < 4.78 is 10.8. The van der Waals surface area contributed by atoms with Gasteiger partial charge in [0, 0.05) is 64.6 Å². The van der Waals surface area contributed by atoms with Gasteiger partial charge in [-0.2, -0.15) is 0 Å². The first-order chi connectivity index (χ1) is 14.8. The average molecular weight is 541 g/mol. The van der Waals surface area contributed by atoms with Gasteiger partial charge in [-0.25, -0.2) is 0 Å². The molecule has 2 aromatic rings. The predicted molar refractivity (Wildman–Crippen MR) is 135 cm³/mol. The quantitative estimate of drug-likeness (QED) is 0.197. The van der Waals surface area contributed by atoms with Crippen molar-refractivity contribution in [3.63, 3.8) is 0 Å². The smallest absolute Gasteiger partial charge is 0.191 e. The number of furan rings is 1. The maximum Gasteiger partial charge on any atom is 0.191 e. The third-order valence-electron chi connectivity index (χ3n) is 5.20. The summed E-state index contributed by atoms with van der Waals surface area (Å²) in [5.41, 5.74) is 1.14. The van der Waals surface area contributed by atoms with Gasteiger partial charge in [-0.3, -0.25) is 14.9 Å². The van der Waals surface area contributed by atoms with E-state index in [0.717, 1.165) is 89.0 Å². The van der Waals surface area contributed by atoms with Crippen LogP contribution in [-0.4, -0.2) is 61.3 Å². The van der Waals surface area contributed by atoms with Crippen LogP contribution in [0.2, 0.25) is 0 Å². The van der Waals surface area contributed by atoms with E-state index in [0.29, 0.717) is 6.04 Å². The minimum atomic E-state index is 0. The number of ether oxygens (including phenoxy) is 1. The zero-order valence-electron chi connectivity index (χ0n) is 18.5. The molecule has 31 heavy (non-hydrogen) atoms. The summed E-state index contributed by atoms with van der Waals surface area (Å²) in [6.07, 6.45) is 7.56. The minimum absolute atomic E-state index is 0. The number of nitrogens with one attached hydrogen (secondary N) is 2. The fraction of sp³-hybridized carbons (Fsp3) is 0.565. The number of pyridine rings is 1. The molecule has 0 bridgehead atoms. The van der Waals surface area contributed by atoms with Crippen LogP contribution >= 0.6 is 24.0 Å². The predicted octanol–water partition coefficient (Wildman–Crippen LogP) is 3.46. The molecule has 1 aliphatic rings. The molecule has 7 nitrogen and oxygen atoms in total. The Morgan fingerprint density at radius 3 is 2.84 bits per heavy atom. The SMILES string of the molecule is CCOCCCN=C(NCCc1ccco1)NC1CCN(Cc2ccccn2)CC1.I. The summed E-state index contributed by atoms with van der Waals surface area (Å²) in [5.74, 6) is 1.88. The number of nitrogens with zero attached hydrogens (tertiary/aromatic N) is 3. The number of hydrogen-bond donors (Lipinski definition) is 2. The molecule has 1 aliphatic heterocycles. The van der Waals surface area contributed by atoms with Gasteiger partial charge in [-0.05, 0) is 50.5 Å². The molecule has 1 saturated heterocycles. The molecular weight excluding hydrogens is 505 g/mol. The third kappa shape index (κ3) is 10.0. The summed E-state index contributed by atoms with van der Waals surface area (Å²) in [6, 6.07) is 10.5. The summed E-state index contributed by atoms with van der Waals surface area (Å²) in [4.78, 5) is 11.7. The van der Waals surface area contributed by atoms with E-state index in [2.05, 4.69) is 32.7 Å². The Bertz CT molecular complexity index is 719. The van der Waals surface area contributed by atoms with Crippen LogP contribution in [0, 0.1) is 0 Å². The minimum Gasteiger partial charge on any atom is -0.469 e. The first-order valence-corrected chi connectivity index (χ1v) is 11.1. The molecule has 0 aromatic carbocycles. The Balaban J connectivity index is 0.00000341. The first kappa shape index (κ1) is 25.6. The monoisotopic (exact) mass is 541 g/mol. The second-order valence-electron chi connectivity index (χ2n) is 7.55. The lowest BCUT2D eigenvalue weighted by atomic mass is 10.0. The van der Waals surface area contributed by atoms with E-state index in [4.69, 9.17) is 14.1 Å². The lowest BCUT2D eigenvalue weighted by Crippen LogP contribution is -2.49. The van der Waals surface area contributed by atoms with E-state index in [9.17, 15) is 0 Å². The molecule has 3 rings (SSSR count). The average Bonchev–Trinajstić information content (AvgIpc) is 3.29. The van der Waals surface area contributed by atoms with Crippen LogP contribution < -0.4 is 10.6 Å². The summed E-state index contributed by atoms with van der Waals surface area (Å²) in [6.45, 7) is 8.15. The summed E-state index contributed by atoms with van der Waals surface area (Å²) >= 11 is 0. The van der Waals surface area contributed by atoms with E-state index >= 15 is 0 Å². The van der Waals surface area contributed by atoms with Gasteiger partial charge in [0.2, 0.25) is 0 Å². The fourth-order valence-corrected chi connectivity index (χ4v) is 3.56. The topological polar surface area (TPSA) is 74.9 Å². The Kier molecular flexibility index (Phi) is 12.6. The van der Waals surface area contributed by atoms with Gasteiger partial charge in [0.25, 0.3) is 0 Å². The lowest BCUT2D eigenvalue weighted by molar-refractivity contribution is 0.146. The van der Waals surface area contributed by atoms with Gasteiger partial charge in [0.05, 0.1) is 12.0 Å². The molecule has 0 saturated carbocycles. The first-order valence-electron chi connectivity index (χ1n) is 11.1. The molecule has 0 unspecified atom stereocenters. The maximum absolute atomic E-state index is 5.42. The fourth-order valence-electron chi connectivity index (χ4n) is 3.56. The van der Waals surface area contributed by atoms with Gasteiger partial charge >= 0.3 is 0 Å². The maximum atomic E-state index is 5.42.